The number of ether oxygens (including phenoxy) is 2. The van der Waals surface area contributed by atoms with Crippen LogP contribution < -0.4 is 20.7 Å². The van der Waals surface area contributed by atoms with Gasteiger partial charge in [-0.05, 0) is 69.6 Å². The molecule has 156 valence electrons. The molecule has 0 saturated carbocycles. The number of hydrogen-bond donors (Lipinski definition) is 0. The molecule has 1 aliphatic heterocycles. The van der Waals surface area contributed by atoms with E-state index in [2.05, 4.69) is 109 Å². The van der Waals surface area contributed by atoms with Crippen molar-refractivity contribution >= 4 is 45.4 Å². The Bertz CT molecular complexity index is 1310. The van der Waals surface area contributed by atoms with Crippen LogP contribution in [0, 0.1) is 0 Å². The van der Waals surface area contributed by atoms with E-state index in [-0.39, 0.29) is 6.10 Å². The van der Waals surface area contributed by atoms with Gasteiger partial charge in [0.1, 0.15) is 18.5 Å². The summed E-state index contributed by atoms with van der Waals surface area (Å²) in [7, 11) is -0.694. The van der Waals surface area contributed by atoms with Crippen LogP contribution in [0.3, 0.4) is 0 Å². The summed E-state index contributed by atoms with van der Waals surface area (Å²) < 4.78 is 11.1. The first-order valence-corrected chi connectivity index (χ1v) is 12.3. The Hall–Kier alpha value is -3.19. The first kappa shape index (κ1) is 19.5. The summed E-state index contributed by atoms with van der Waals surface area (Å²) in [6.07, 6.45) is 0.266. The van der Waals surface area contributed by atoms with Gasteiger partial charge in [0.2, 0.25) is 0 Å². The Morgan fingerprint density at radius 2 is 1.12 bits per heavy atom. The van der Waals surface area contributed by atoms with Crippen LogP contribution >= 0.6 is 7.92 Å². The average Bonchev–Trinajstić information content (AvgIpc) is 3.68. The van der Waals surface area contributed by atoms with E-state index < -0.39 is 7.92 Å². The molecule has 0 aromatic heterocycles. The number of hydrogen-bond acceptors (Lipinski definition) is 2. The molecule has 3 heteroatoms. The molecule has 0 spiro atoms. The molecule has 0 bridgehead atoms. The van der Waals surface area contributed by atoms with Crippen molar-refractivity contribution in [1.29, 1.82) is 0 Å². The fourth-order valence-electron chi connectivity index (χ4n) is 4.12. The van der Waals surface area contributed by atoms with E-state index in [4.69, 9.17) is 9.47 Å². The van der Waals surface area contributed by atoms with Crippen molar-refractivity contribution in [2.45, 2.75) is 6.10 Å². The largest absolute Gasteiger partial charge is 0.491 e. The first-order chi connectivity index (χ1) is 15.8. The highest BCUT2D eigenvalue weighted by atomic mass is 31.1. The second-order valence-electron chi connectivity index (χ2n) is 8.16. The van der Waals surface area contributed by atoms with Crippen LogP contribution in [0.25, 0.3) is 21.5 Å². The van der Waals surface area contributed by atoms with Gasteiger partial charge >= 0.3 is 0 Å². The van der Waals surface area contributed by atoms with Crippen LogP contribution in [0.4, 0.5) is 0 Å². The molecule has 1 saturated heterocycles. The highest BCUT2D eigenvalue weighted by Gasteiger charge is 2.23. The van der Waals surface area contributed by atoms with E-state index in [0.717, 1.165) is 12.4 Å². The molecule has 1 unspecified atom stereocenters. The standard InChI is InChI=1S/C29H23O2P/c1-3-7-23-17-28(13-9-21(23)5-1)32(29-14-10-22-6-2-4-8-24(22)18-29)27-15-11-25(12-16-27)30-19-26-20-31-26/h1-18,26H,19-20H2. The zero-order valence-electron chi connectivity index (χ0n) is 17.6. The molecule has 32 heavy (non-hydrogen) atoms. The smallest absolute Gasteiger partial charge is 0.119 e. The van der Waals surface area contributed by atoms with Gasteiger partial charge in [-0.2, -0.15) is 0 Å². The lowest BCUT2D eigenvalue weighted by atomic mass is 10.1. The SMILES string of the molecule is c1ccc2cc(P(c3ccc(OCC4CO4)cc3)c3ccc4ccccc4c3)ccc2c1. The maximum Gasteiger partial charge on any atom is 0.119 e. The Morgan fingerprint density at radius 3 is 1.66 bits per heavy atom. The van der Waals surface area contributed by atoms with Crippen molar-refractivity contribution in [2.24, 2.45) is 0 Å². The summed E-state index contributed by atoms with van der Waals surface area (Å²) in [6.45, 7) is 1.44. The fraction of sp³-hybridized carbons (Fsp3) is 0.103. The third kappa shape index (κ3) is 4.00. The van der Waals surface area contributed by atoms with Crippen molar-refractivity contribution in [2.75, 3.05) is 13.2 Å². The second kappa shape index (κ2) is 8.39. The van der Waals surface area contributed by atoms with Crippen LogP contribution in [0.2, 0.25) is 0 Å². The van der Waals surface area contributed by atoms with Crippen molar-refractivity contribution in [3.8, 4) is 5.75 Å². The lowest BCUT2D eigenvalue weighted by molar-refractivity contribution is 0.263. The van der Waals surface area contributed by atoms with Crippen molar-refractivity contribution < 1.29 is 9.47 Å². The van der Waals surface area contributed by atoms with Crippen molar-refractivity contribution in [3.63, 3.8) is 0 Å². The Kier molecular flexibility index (Phi) is 5.11. The third-order valence-electron chi connectivity index (χ3n) is 5.92. The minimum absolute atomic E-state index is 0.266. The summed E-state index contributed by atoms with van der Waals surface area (Å²) in [5, 5.41) is 9.14. The molecule has 1 aliphatic rings. The predicted molar refractivity (Wildman–Crippen MR) is 135 cm³/mol. The van der Waals surface area contributed by atoms with E-state index in [1.54, 1.807) is 0 Å². The van der Waals surface area contributed by atoms with Gasteiger partial charge in [-0.1, -0.05) is 84.9 Å². The van der Waals surface area contributed by atoms with Crippen LogP contribution in [0.1, 0.15) is 0 Å². The average molecular weight is 434 g/mol. The molecule has 5 aromatic carbocycles. The van der Waals surface area contributed by atoms with Gasteiger partial charge in [-0.3, -0.25) is 0 Å². The molecule has 5 aromatic rings. The monoisotopic (exact) mass is 434 g/mol. The molecule has 0 aliphatic carbocycles. The van der Waals surface area contributed by atoms with Gasteiger partial charge in [-0.25, -0.2) is 0 Å². The molecule has 0 radical (unpaired) electrons. The molecular formula is C29H23O2P. The second-order valence-corrected chi connectivity index (χ2v) is 10.4. The topological polar surface area (TPSA) is 21.8 Å². The van der Waals surface area contributed by atoms with Gasteiger partial charge in [0, 0.05) is 0 Å². The van der Waals surface area contributed by atoms with Crippen LogP contribution in [0.15, 0.2) is 109 Å². The molecule has 6 rings (SSSR count). The highest BCUT2D eigenvalue weighted by molar-refractivity contribution is 7.79. The lowest BCUT2D eigenvalue weighted by Crippen LogP contribution is -2.20. The van der Waals surface area contributed by atoms with Gasteiger partial charge in [0.25, 0.3) is 0 Å². The molecule has 1 fully saturated rings. The number of fused-ring (bicyclic) bond motifs is 2. The van der Waals surface area contributed by atoms with E-state index in [9.17, 15) is 0 Å². The normalized spacial score (nSPS) is 15.3. The van der Waals surface area contributed by atoms with Gasteiger partial charge in [-0.15, -0.1) is 0 Å². The summed E-state index contributed by atoms with van der Waals surface area (Å²) in [5.41, 5.74) is 0. The van der Waals surface area contributed by atoms with E-state index >= 15 is 0 Å². The quantitative estimate of drug-likeness (QED) is 0.259. The molecule has 1 heterocycles. The Balaban J connectivity index is 1.43. The fourth-order valence-corrected chi connectivity index (χ4v) is 6.45. The molecular weight excluding hydrogens is 411 g/mol. The third-order valence-corrected chi connectivity index (χ3v) is 8.32. The minimum atomic E-state index is -0.694. The van der Waals surface area contributed by atoms with Gasteiger partial charge < -0.3 is 9.47 Å². The summed E-state index contributed by atoms with van der Waals surface area (Å²) >= 11 is 0. The molecule has 2 nitrogen and oxygen atoms in total. The van der Waals surface area contributed by atoms with Crippen LogP contribution in [-0.4, -0.2) is 19.3 Å². The minimum Gasteiger partial charge on any atom is -0.491 e. The van der Waals surface area contributed by atoms with Crippen LogP contribution in [-0.2, 0) is 4.74 Å². The molecule has 0 amide bonds. The maximum atomic E-state index is 5.87. The van der Waals surface area contributed by atoms with Gasteiger partial charge in [0.05, 0.1) is 6.61 Å². The van der Waals surface area contributed by atoms with Crippen molar-refractivity contribution in [3.05, 3.63) is 109 Å². The molecule has 1 atom stereocenters. The zero-order chi connectivity index (χ0) is 21.3. The van der Waals surface area contributed by atoms with E-state index in [1.807, 2.05) is 0 Å². The maximum absolute atomic E-state index is 5.87. The molecule has 0 N–H and O–H groups in total. The summed E-state index contributed by atoms with van der Waals surface area (Å²) in [4.78, 5) is 0. The predicted octanol–water partition coefficient (Wildman–Crippen LogP) is 5.53. The van der Waals surface area contributed by atoms with Crippen LogP contribution in [0.5, 0.6) is 5.75 Å². The first-order valence-electron chi connectivity index (χ1n) is 11.0. The summed E-state index contributed by atoms with van der Waals surface area (Å²) in [6, 6.07) is 39.6. The zero-order valence-corrected chi connectivity index (χ0v) is 18.5. The Labute approximate surface area is 189 Å². The lowest BCUT2D eigenvalue weighted by Gasteiger charge is -2.21. The number of benzene rings is 5. The van der Waals surface area contributed by atoms with E-state index in [0.29, 0.717) is 6.61 Å². The Morgan fingerprint density at radius 1 is 0.625 bits per heavy atom. The number of rotatable bonds is 6. The number of epoxide rings is 1. The van der Waals surface area contributed by atoms with E-state index in [1.165, 1.54) is 37.5 Å². The van der Waals surface area contributed by atoms with Gasteiger partial charge in [0.15, 0.2) is 0 Å². The highest BCUT2D eigenvalue weighted by Crippen LogP contribution is 2.35. The summed E-state index contributed by atoms with van der Waals surface area (Å²) in [5.74, 6) is 0.899. The van der Waals surface area contributed by atoms with Crippen molar-refractivity contribution in [1.82, 2.24) is 0 Å².